The van der Waals surface area contributed by atoms with Gasteiger partial charge < -0.3 is 4.90 Å². The van der Waals surface area contributed by atoms with Crippen molar-refractivity contribution in [3.63, 3.8) is 0 Å². The van der Waals surface area contributed by atoms with Crippen LogP contribution >= 0.6 is 11.6 Å². The van der Waals surface area contributed by atoms with E-state index in [4.69, 9.17) is 11.6 Å². The zero-order chi connectivity index (χ0) is 13.3. The van der Waals surface area contributed by atoms with E-state index in [1.165, 1.54) is 12.1 Å². The molecule has 2 rings (SSSR count). The fourth-order valence-electron chi connectivity index (χ4n) is 2.84. The van der Waals surface area contributed by atoms with Gasteiger partial charge in [0.2, 0.25) is 0 Å². The van der Waals surface area contributed by atoms with Gasteiger partial charge in [0.1, 0.15) is 17.3 Å². The highest BCUT2D eigenvalue weighted by Gasteiger charge is 2.26. The van der Waals surface area contributed by atoms with E-state index in [0.717, 1.165) is 6.42 Å². The normalized spacial score (nSPS) is 24.4. The van der Waals surface area contributed by atoms with Crippen LogP contribution in [0.25, 0.3) is 0 Å². The first kappa shape index (κ1) is 13.6. The smallest absolute Gasteiger partial charge is 0.149 e. The summed E-state index contributed by atoms with van der Waals surface area (Å²) in [6, 6.07) is 2.66. The first-order valence-corrected chi connectivity index (χ1v) is 6.83. The van der Waals surface area contributed by atoms with Gasteiger partial charge in [-0.05, 0) is 36.0 Å². The van der Waals surface area contributed by atoms with Crippen molar-refractivity contribution in [3.05, 3.63) is 29.3 Å². The summed E-state index contributed by atoms with van der Waals surface area (Å²) >= 11 is 5.61. The van der Waals surface area contributed by atoms with Crippen molar-refractivity contribution in [1.82, 2.24) is 0 Å². The third-order valence-corrected chi connectivity index (χ3v) is 3.72. The second-order valence-corrected chi connectivity index (χ2v) is 5.66. The molecule has 0 aliphatic carbocycles. The largest absolute Gasteiger partial charge is 0.366 e. The van der Waals surface area contributed by atoms with Gasteiger partial charge >= 0.3 is 0 Å². The number of anilines is 1. The molecule has 1 aliphatic rings. The third kappa shape index (κ3) is 2.77. The van der Waals surface area contributed by atoms with Crippen LogP contribution in [-0.2, 0) is 5.88 Å². The summed E-state index contributed by atoms with van der Waals surface area (Å²) in [6.07, 6.45) is 1.11. The lowest BCUT2D eigenvalue weighted by Crippen LogP contribution is -2.39. The van der Waals surface area contributed by atoms with Crippen molar-refractivity contribution >= 4 is 17.3 Å². The first-order chi connectivity index (χ1) is 8.51. The molecule has 2 atom stereocenters. The van der Waals surface area contributed by atoms with Crippen molar-refractivity contribution in [1.29, 1.82) is 0 Å². The highest BCUT2D eigenvalue weighted by molar-refractivity contribution is 6.17. The molecule has 1 heterocycles. The van der Waals surface area contributed by atoms with E-state index in [1.807, 2.05) is 4.90 Å². The second kappa shape index (κ2) is 5.43. The predicted octanol–water partition coefficient (Wildman–Crippen LogP) is 4.19. The fraction of sp³-hybridized carbons (Fsp3) is 0.571. The fourth-order valence-corrected chi connectivity index (χ4v) is 3.00. The van der Waals surface area contributed by atoms with Crippen LogP contribution in [0.5, 0.6) is 0 Å². The lowest BCUT2D eigenvalue weighted by Gasteiger charge is -2.36. The summed E-state index contributed by atoms with van der Waals surface area (Å²) < 4.78 is 28.0. The maximum atomic E-state index is 14.0. The Hall–Kier alpha value is -0.830. The molecule has 0 amide bonds. The van der Waals surface area contributed by atoms with Crippen LogP contribution in [0.2, 0.25) is 0 Å². The average Bonchev–Trinajstić information content (AvgIpc) is 2.26. The van der Waals surface area contributed by atoms with Gasteiger partial charge in [-0.15, -0.1) is 11.6 Å². The minimum absolute atomic E-state index is 0.0993. The molecule has 2 unspecified atom stereocenters. The number of halogens is 3. The number of nitrogens with zero attached hydrogens (tertiary/aromatic N) is 1. The topological polar surface area (TPSA) is 3.24 Å². The molecule has 4 heteroatoms. The van der Waals surface area contributed by atoms with Gasteiger partial charge in [-0.1, -0.05) is 13.8 Å². The summed E-state index contributed by atoms with van der Waals surface area (Å²) in [5, 5.41) is 0. The Balaban J connectivity index is 2.32. The van der Waals surface area contributed by atoms with Gasteiger partial charge in [0.25, 0.3) is 0 Å². The van der Waals surface area contributed by atoms with Crippen LogP contribution in [0.3, 0.4) is 0 Å². The van der Waals surface area contributed by atoms with E-state index < -0.39 is 11.6 Å². The summed E-state index contributed by atoms with van der Waals surface area (Å²) in [6.45, 7) is 5.65. The molecule has 0 saturated carbocycles. The molecule has 1 aromatic rings. The van der Waals surface area contributed by atoms with Crippen molar-refractivity contribution < 1.29 is 8.78 Å². The first-order valence-electron chi connectivity index (χ1n) is 6.30. The Kier molecular flexibility index (Phi) is 4.10. The van der Waals surface area contributed by atoms with Crippen molar-refractivity contribution in [2.45, 2.75) is 26.1 Å². The van der Waals surface area contributed by atoms with Crippen molar-refractivity contribution in [2.24, 2.45) is 11.8 Å². The standard InChI is InChI=1S/C14H18ClF2N/c1-9-3-10(2)8-18(7-9)14-12(16)4-11(6-15)5-13(14)17/h4-5,9-10H,3,6-8H2,1-2H3. The van der Waals surface area contributed by atoms with Crippen LogP contribution < -0.4 is 4.90 Å². The molecule has 1 saturated heterocycles. The Morgan fingerprint density at radius 1 is 1.17 bits per heavy atom. The summed E-state index contributed by atoms with van der Waals surface area (Å²) in [7, 11) is 0. The average molecular weight is 274 g/mol. The van der Waals surface area contributed by atoms with Gasteiger partial charge in [0.15, 0.2) is 0 Å². The molecular formula is C14H18ClF2N. The third-order valence-electron chi connectivity index (χ3n) is 3.42. The Morgan fingerprint density at radius 3 is 2.11 bits per heavy atom. The molecule has 0 bridgehead atoms. The molecule has 1 fully saturated rings. The monoisotopic (exact) mass is 273 g/mol. The van der Waals surface area contributed by atoms with E-state index in [9.17, 15) is 8.78 Å². The SMILES string of the molecule is CC1CC(C)CN(c2c(F)cc(CCl)cc2F)C1. The van der Waals surface area contributed by atoms with Gasteiger partial charge in [-0.3, -0.25) is 0 Å². The lowest BCUT2D eigenvalue weighted by atomic mass is 9.91. The van der Waals surface area contributed by atoms with E-state index in [-0.39, 0.29) is 11.6 Å². The van der Waals surface area contributed by atoms with Crippen LogP contribution in [0.4, 0.5) is 14.5 Å². The maximum absolute atomic E-state index is 14.0. The van der Waals surface area contributed by atoms with Gasteiger partial charge in [0, 0.05) is 19.0 Å². The minimum Gasteiger partial charge on any atom is -0.366 e. The molecule has 0 radical (unpaired) electrons. The van der Waals surface area contributed by atoms with Crippen molar-refractivity contribution in [2.75, 3.05) is 18.0 Å². The van der Waals surface area contributed by atoms with Gasteiger partial charge in [-0.25, -0.2) is 8.78 Å². The second-order valence-electron chi connectivity index (χ2n) is 5.39. The van der Waals surface area contributed by atoms with E-state index in [0.29, 0.717) is 30.5 Å². The van der Waals surface area contributed by atoms with Gasteiger partial charge in [0.05, 0.1) is 0 Å². The molecule has 100 valence electrons. The van der Waals surface area contributed by atoms with Crippen molar-refractivity contribution in [3.8, 4) is 0 Å². The van der Waals surface area contributed by atoms with Crippen LogP contribution in [0, 0.1) is 23.5 Å². The highest BCUT2D eigenvalue weighted by Crippen LogP contribution is 2.31. The maximum Gasteiger partial charge on any atom is 0.149 e. The lowest BCUT2D eigenvalue weighted by molar-refractivity contribution is 0.351. The summed E-state index contributed by atoms with van der Waals surface area (Å²) in [5.74, 6) is 0.0281. The summed E-state index contributed by atoms with van der Waals surface area (Å²) in [4.78, 5) is 1.82. The number of hydrogen-bond donors (Lipinski definition) is 0. The Bertz CT molecular complexity index is 403. The van der Waals surface area contributed by atoms with Gasteiger partial charge in [-0.2, -0.15) is 0 Å². The Morgan fingerprint density at radius 2 is 1.67 bits per heavy atom. The number of benzene rings is 1. The predicted molar refractivity (Wildman–Crippen MR) is 71.1 cm³/mol. The molecular weight excluding hydrogens is 256 g/mol. The minimum atomic E-state index is -0.507. The van der Waals surface area contributed by atoms with Crippen LogP contribution in [0.1, 0.15) is 25.8 Å². The zero-order valence-electron chi connectivity index (χ0n) is 10.7. The molecule has 18 heavy (non-hydrogen) atoms. The molecule has 0 N–H and O–H groups in total. The van der Waals surface area contributed by atoms with E-state index in [1.54, 1.807) is 0 Å². The quantitative estimate of drug-likeness (QED) is 0.731. The number of hydrogen-bond acceptors (Lipinski definition) is 1. The summed E-state index contributed by atoms with van der Waals surface area (Å²) in [5.41, 5.74) is 0.579. The molecule has 0 spiro atoms. The number of piperidine rings is 1. The number of rotatable bonds is 2. The molecule has 1 aromatic carbocycles. The zero-order valence-corrected chi connectivity index (χ0v) is 11.5. The molecule has 1 aliphatic heterocycles. The highest BCUT2D eigenvalue weighted by atomic mass is 35.5. The van der Waals surface area contributed by atoms with E-state index in [2.05, 4.69) is 13.8 Å². The van der Waals surface area contributed by atoms with Crippen LogP contribution in [0.15, 0.2) is 12.1 Å². The molecule has 0 aromatic heterocycles. The van der Waals surface area contributed by atoms with E-state index >= 15 is 0 Å². The molecule has 1 nitrogen and oxygen atoms in total. The Labute approximate surface area is 112 Å². The number of alkyl halides is 1. The van der Waals surface area contributed by atoms with Crippen LogP contribution in [-0.4, -0.2) is 13.1 Å².